The molecule has 0 saturated carbocycles. The number of hydrogen-bond donors (Lipinski definition) is 1. The SMILES string of the molecule is O=P(/C=C(\Cl)c1ccccc1)(/C=C(/Cl)c1ccccc1)Nc1ccc(F)cc1F. The van der Waals surface area contributed by atoms with Gasteiger partial charge in [0.25, 0.3) is 0 Å². The summed E-state index contributed by atoms with van der Waals surface area (Å²) in [4.78, 5) is 0. The maximum absolute atomic E-state index is 14.2. The maximum Gasteiger partial charge on any atom is 0.216 e. The summed E-state index contributed by atoms with van der Waals surface area (Å²) in [6.45, 7) is 0. The van der Waals surface area contributed by atoms with Crippen LogP contribution in [0.4, 0.5) is 14.5 Å². The molecule has 7 heteroatoms. The zero-order chi connectivity index (χ0) is 20.9. The molecule has 0 fully saturated rings. The van der Waals surface area contributed by atoms with Crippen molar-refractivity contribution >= 4 is 46.2 Å². The van der Waals surface area contributed by atoms with E-state index in [9.17, 15) is 13.3 Å². The van der Waals surface area contributed by atoms with E-state index >= 15 is 0 Å². The van der Waals surface area contributed by atoms with E-state index in [1.54, 1.807) is 48.5 Å². The molecule has 29 heavy (non-hydrogen) atoms. The van der Waals surface area contributed by atoms with Crippen LogP contribution in [0.25, 0.3) is 10.1 Å². The highest BCUT2D eigenvalue weighted by Crippen LogP contribution is 2.53. The van der Waals surface area contributed by atoms with Crippen molar-refractivity contribution in [3.63, 3.8) is 0 Å². The third kappa shape index (κ3) is 5.80. The first-order valence-corrected chi connectivity index (χ1v) is 11.2. The first kappa shape index (κ1) is 21.3. The lowest BCUT2D eigenvalue weighted by Crippen LogP contribution is -1.97. The molecule has 1 unspecified atom stereocenters. The predicted octanol–water partition coefficient (Wildman–Crippen LogP) is 8.13. The molecule has 0 aliphatic rings. The zero-order valence-electron chi connectivity index (χ0n) is 15.0. The summed E-state index contributed by atoms with van der Waals surface area (Å²) in [5.41, 5.74) is 1.15. The molecule has 0 amide bonds. The minimum absolute atomic E-state index is 0.128. The van der Waals surface area contributed by atoms with Crippen LogP contribution in [0.15, 0.2) is 90.5 Å². The summed E-state index contributed by atoms with van der Waals surface area (Å²) in [7, 11) is -3.63. The van der Waals surface area contributed by atoms with Crippen molar-refractivity contribution < 1.29 is 13.3 Å². The molecule has 3 aromatic carbocycles. The monoisotopic (exact) mass is 449 g/mol. The van der Waals surface area contributed by atoms with Gasteiger partial charge in [0, 0.05) is 17.7 Å². The summed E-state index contributed by atoms with van der Waals surface area (Å²) >= 11 is 12.7. The molecule has 2 nitrogen and oxygen atoms in total. The first-order valence-electron chi connectivity index (χ1n) is 8.57. The van der Waals surface area contributed by atoms with Gasteiger partial charge in [0.1, 0.15) is 11.6 Å². The number of benzene rings is 3. The average Bonchev–Trinajstić information content (AvgIpc) is 2.71. The molecule has 0 spiro atoms. The van der Waals surface area contributed by atoms with Crippen LogP contribution in [0.2, 0.25) is 0 Å². The molecule has 0 bridgehead atoms. The Bertz CT molecular complexity index is 1040. The fourth-order valence-corrected chi connectivity index (χ4v) is 5.41. The van der Waals surface area contributed by atoms with Gasteiger partial charge in [-0.3, -0.25) is 4.57 Å². The minimum Gasteiger partial charge on any atom is -0.328 e. The van der Waals surface area contributed by atoms with E-state index < -0.39 is 18.9 Å². The van der Waals surface area contributed by atoms with Crippen LogP contribution >= 0.6 is 30.5 Å². The fourth-order valence-electron chi connectivity index (χ4n) is 2.55. The van der Waals surface area contributed by atoms with E-state index in [0.29, 0.717) is 17.2 Å². The Hall–Kier alpha value is -2.39. The van der Waals surface area contributed by atoms with Crippen molar-refractivity contribution in [2.75, 3.05) is 5.09 Å². The molecular formula is C22H16Cl2F2NOP. The molecular weight excluding hydrogens is 434 g/mol. The highest BCUT2D eigenvalue weighted by atomic mass is 35.5. The highest BCUT2D eigenvalue weighted by molar-refractivity contribution is 7.72. The smallest absolute Gasteiger partial charge is 0.216 e. The van der Waals surface area contributed by atoms with Crippen LogP contribution in [-0.4, -0.2) is 0 Å². The van der Waals surface area contributed by atoms with Crippen LogP contribution in [0, 0.1) is 11.6 Å². The lowest BCUT2D eigenvalue weighted by atomic mass is 10.2. The van der Waals surface area contributed by atoms with Crippen molar-refractivity contribution in [1.29, 1.82) is 0 Å². The molecule has 3 aromatic rings. The Morgan fingerprint density at radius 2 is 1.28 bits per heavy atom. The minimum atomic E-state index is -3.63. The number of nitrogens with one attached hydrogen (secondary N) is 1. The van der Waals surface area contributed by atoms with E-state index in [-0.39, 0.29) is 15.8 Å². The second-order valence-corrected chi connectivity index (χ2v) is 9.10. The number of hydrogen-bond acceptors (Lipinski definition) is 1. The Morgan fingerprint density at radius 3 is 1.72 bits per heavy atom. The van der Waals surface area contributed by atoms with E-state index in [1.165, 1.54) is 17.7 Å². The van der Waals surface area contributed by atoms with Gasteiger partial charge < -0.3 is 5.09 Å². The summed E-state index contributed by atoms with van der Waals surface area (Å²) in [6.07, 6.45) is 0. The topological polar surface area (TPSA) is 29.1 Å². The second kappa shape index (κ2) is 9.41. The first-order chi connectivity index (χ1) is 13.9. The normalized spacial score (nSPS) is 14.3. The largest absolute Gasteiger partial charge is 0.328 e. The molecule has 0 heterocycles. The predicted molar refractivity (Wildman–Crippen MR) is 118 cm³/mol. The summed E-state index contributed by atoms with van der Waals surface area (Å²) < 4.78 is 41.1. The molecule has 0 aromatic heterocycles. The summed E-state index contributed by atoms with van der Waals surface area (Å²) in [6, 6.07) is 20.8. The molecule has 3 rings (SSSR count). The van der Waals surface area contributed by atoms with Gasteiger partial charge in [0.15, 0.2) is 0 Å². The molecule has 0 radical (unpaired) electrons. The Labute approximate surface area is 177 Å². The number of rotatable bonds is 6. The molecule has 0 aliphatic carbocycles. The van der Waals surface area contributed by atoms with Crippen LogP contribution in [0.3, 0.4) is 0 Å². The molecule has 148 valence electrons. The third-order valence-electron chi connectivity index (χ3n) is 3.94. The summed E-state index contributed by atoms with van der Waals surface area (Å²) in [5.74, 6) is 0.994. The van der Waals surface area contributed by atoms with Crippen LogP contribution in [-0.2, 0) is 4.57 Å². The second-order valence-electron chi connectivity index (χ2n) is 6.13. The lowest BCUT2D eigenvalue weighted by Gasteiger charge is -2.16. The zero-order valence-corrected chi connectivity index (χ0v) is 17.4. The van der Waals surface area contributed by atoms with Gasteiger partial charge in [-0.15, -0.1) is 0 Å². The van der Waals surface area contributed by atoms with Gasteiger partial charge in [0.2, 0.25) is 7.29 Å². The quantitative estimate of drug-likeness (QED) is 0.384. The van der Waals surface area contributed by atoms with E-state index in [4.69, 9.17) is 23.2 Å². The van der Waals surface area contributed by atoms with E-state index in [1.807, 2.05) is 12.1 Å². The van der Waals surface area contributed by atoms with E-state index in [0.717, 1.165) is 6.07 Å². The van der Waals surface area contributed by atoms with Crippen molar-refractivity contribution in [3.8, 4) is 0 Å². The molecule has 0 aliphatic heterocycles. The maximum atomic E-state index is 14.2. The van der Waals surface area contributed by atoms with Gasteiger partial charge >= 0.3 is 0 Å². The Balaban J connectivity index is 2.06. The van der Waals surface area contributed by atoms with Crippen molar-refractivity contribution in [2.45, 2.75) is 0 Å². The third-order valence-corrected chi connectivity index (χ3v) is 6.77. The van der Waals surface area contributed by atoms with Crippen LogP contribution < -0.4 is 5.09 Å². The molecule has 0 saturated heterocycles. The van der Waals surface area contributed by atoms with Gasteiger partial charge in [-0.1, -0.05) is 83.9 Å². The highest BCUT2D eigenvalue weighted by Gasteiger charge is 2.21. The lowest BCUT2D eigenvalue weighted by molar-refractivity contribution is 0.581. The molecule has 1 atom stereocenters. The Kier molecular flexibility index (Phi) is 6.92. The van der Waals surface area contributed by atoms with Gasteiger partial charge in [-0.05, 0) is 23.3 Å². The standard InChI is InChI=1S/C22H16Cl2F2NOP/c23-19(16-7-3-1-4-8-16)14-29(28,15-20(24)17-9-5-2-6-10-17)27-22-12-11-18(25)13-21(22)26/h1-15H,(H,27,28)/b19-14-,20-15+. The van der Waals surface area contributed by atoms with Crippen LogP contribution in [0.5, 0.6) is 0 Å². The van der Waals surface area contributed by atoms with Gasteiger partial charge in [-0.2, -0.15) is 0 Å². The van der Waals surface area contributed by atoms with Crippen molar-refractivity contribution in [1.82, 2.24) is 0 Å². The number of anilines is 1. The van der Waals surface area contributed by atoms with Crippen LogP contribution in [0.1, 0.15) is 11.1 Å². The van der Waals surface area contributed by atoms with Gasteiger partial charge in [0.05, 0.1) is 15.8 Å². The summed E-state index contributed by atoms with van der Waals surface area (Å²) in [5, 5.41) is 3.06. The van der Waals surface area contributed by atoms with Crippen molar-refractivity contribution in [2.24, 2.45) is 0 Å². The fraction of sp³-hybridized carbons (Fsp3) is 0. The average molecular weight is 450 g/mol. The van der Waals surface area contributed by atoms with Gasteiger partial charge in [-0.25, -0.2) is 8.78 Å². The van der Waals surface area contributed by atoms with E-state index in [2.05, 4.69) is 5.09 Å². The Morgan fingerprint density at radius 1 is 0.793 bits per heavy atom. The molecule has 1 N–H and O–H groups in total. The van der Waals surface area contributed by atoms with Crippen molar-refractivity contribution in [3.05, 3.63) is 113 Å². The number of halogens is 4.